The topological polar surface area (TPSA) is 54.5 Å². The molecular weight excluding hydrogens is 328 g/mol. The first kappa shape index (κ1) is 17.1. The van der Waals surface area contributed by atoms with Crippen molar-refractivity contribution in [1.82, 2.24) is 10.3 Å². The Morgan fingerprint density at radius 3 is 3.00 bits per heavy atom. The Balaban J connectivity index is 1.55. The molecule has 0 spiro atoms. The Hall–Kier alpha value is -2.70. The molecule has 0 saturated carbocycles. The largest absolute Gasteiger partial charge is 0.497 e. The highest BCUT2D eigenvalue weighted by Crippen LogP contribution is 2.26. The molecule has 0 radical (unpaired) electrons. The van der Waals surface area contributed by atoms with Crippen molar-refractivity contribution in [2.24, 2.45) is 5.92 Å². The fourth-order valence-electron chi connectivity index (χ4n) is 2.94. The number of aromatic nitrogens is 1. The van der Waals surface area contributed by atoms with Crippen molar-refractivity contribution in [2.75, 3.05) is 31.6 Å². The van der Waals surface area contributed by atoms with Gasteiger partial charge in [-0.3, -0.25) is 4.79 Å². The molecule has 3 rings (SSSR count). The van der Waals surface area contributed by atoms with Crippen molar-refractivity contribution >= 4 is 11.6 Å². The third-order valence-corrected chi connectivity index (χ3v) is 4.28. The van der Waals surface area contributed by atoms with E-state index in [4.69, 9.17) is 4.74 Å². The zero-order valence-corrected chi connectivity index (χ0v) is 13.8. The third kappa shape index (κ3) is 4.04. The number of pyridine rings is 1. The number of amides is 1. The number of anilines is 1. The summed E-state index contributed by atoms with van der Waals surface area (Å²) in [6.07, 6.45) is 1.74. The Morgan fingerprint density at radius 1 is 1.40 bits per heavy atom. The fourth-order valence-corrected chi connectivity index (χ4v) is 2.94. The van der Waals surface area contributed by atoms with Crippen molar-refractivity contribution in [1.29, 1.82) is 0 Å². The van der Waals surface area contributed by atoms with Gasteiger partial charge in [0.2, 0.25) is 0 Å². The van der Waals surface area contributed by atoms with Gasteiger partial charge >= 0.3 is 0 Å². The molecule has 1 N–H and O–H groups in total. The molecule has 1 aromatic carbocycles. The van der Waals surface area contributed by atoms with Gasteiger partial charge in [-0.2, -0.15) is 0 Å². The lowest BCUT2D eigenvalue weighted by molar-refractivity contribution is 0.0938. The van der Waals surface area contributed by atoms with E-state index < -0.39 is 17.5 Å². The predicted octanol–water partition coefficient (Wildman–Crippen LogP) is 2.62. The summed E-state index contributed by atoms with van der Waals surface area (Å²) in [5.74, 6) is -1.34. The molecule has 1 fully saturated rings. The van der Waals surface area contributed by atoms with Gasteiger partial charge in [0.05, 0.1) is 13.3 Å². The molecule has 25 heavy (non-hydrogen) atoms. The predicted molar refractivity (Wildman–Crippen MR) is 89.8 cm³/mol. The quantitative estimate of drug-likeness (QED) is 0.903. The van der Waals surface area contributed by atoms with Crippen molar-refractivity contribution < 1.29 is 18.3 Å². The Labute approximate surface area is 144 Å². The number of benzene rings is 1. The second kappa shape index (κ2) is 7.46. The second-order valence-electron chi connectivity index (χ2n) is 6.00. The van der Waals surface area contributed by atoms with Crippen molar-refractivity contribution in [2.45, 2.75) is 6.42 Å². The minimum atomic E-state index is -0.957. The van der Waals surface area contributed by atoms with Gasteiger partial charge < -0.3 is 15.0 Å². The first-order valence-electron chi connectivity index (χ1n) is 8.05. The van der Waals surface area contributed by atoms with Gasteiger partial charge in [-0.15, -0.1) is 0 Å². The summed E-state index contributed by atoms with van der Waals surface area (Å²) in [5, 5.41) is 2.68. The Bertz CT molecular complexity index is 770. The molecule has 0 bridgehead atoms. The smallest absolute Gasteiger partial charge is 0.272 e. The maximum Gasteiger partial charge on any atom is 0.272 e. The number of ether oxygens (including phenoxy) is 1. The molecular formula is C18H19F2N3O2. The van der Waals surface area contributed by atoms with E-state index in [1.807, 2.05) is 24.3 Å². The zero-order valence-electron chi connectivity index (χ0n) is 13.8. The highest BCUT2D eigenvalue weighted by atomic mass is 19.1. The monoisotopic (exact) mass is 347 g/mol. The number of nitrogens with zero attached hydrogens (tertiary/aromatic N) is 2. The van der Waals surface area contributed by atoms with Crippen LogP contribution in [0.3, 0.4) is 0 Å². The van der Waals surface area contributed by atoms with Crippen molar-refractivity contribution in [3.63, 3.8) is 0 Å². The van der Waals surface area contributed by atoms with E-state index in [1.165, 1.54) is 0 Å². The molecule has 1 aromatic heterocycles. The molecule has 7 heteroatoms. The molecule has 1 amide bonds. The summed E-state index contributed by atoms with van der Waals surface area (Å²) in [5.41, 5.74) is 0.684. The van der Waals surface area contributed by atoms with Gasteiger partial charge in [0.25, 0.3) is 5.91 Å². The van der Waals surface area contributed by atoms with Crippen LogP contribution in [0.15, 0.2) is 36.5 Å². The number of nitrogens with one attached hydrogen (secondary N) is 1. The third-order valence-electron chi connectivity index (χ3n) is 4.28. The van der Waals surface area contributed by atoms with Crippen LogP contribution in [-0.2, 0) is 0 Å². The van der Waals surface area contributed by atoms with Crippen LogP contribution in [0.1, 0.15) is 16.9 Å². The van der Waals surface area contributed by atoms with Crippen LogP contribution in [0, 0.1) is 17.6 Å². The van der Waals surface area contributed by atoms with Crippen LogP contribution >= 0.6 is 0 Å². The highest BCUT2D eigenvalue weighted by Gasteiger charge is 2.24. The number of methoxy groups -OCH3 is 1. The van der Waals surface area contributed by atoms with E-state index in [0.717, 1.165) is 37.1 Å². The van der Waals surface area contributed by atoms with E-state index >= 15 is 0 Å². The normalized spacial score (nSPS) is 16.8. The van der Waals surface area contributed by atoms with Gasteiger partial charge in [-0.05, 0) is 24.5 Å². The number of carbonyl (C=O) groups is 1. The number of carbonyl (C=O) groups excluding carboxylic acids is 1. The molecule has 5 nitrogen and oxygen atoms in total. The first-order chi connectivity index (χ1) is 12.1. The van der Waals surface area contributed by atoms with Crippen LogP contribution in [-0.4, -0.2) is 37.6 Å². The summed E-state index contributed by atoms with van der Waals surface area (Å²) in [6, 6.07) is 8.47. The van der Waals surface area contributed by atoms with E-state index in [1.54, 1.807) is 7.11 Å². The van der Waals surface area contributed by atoms with Crippen LogP contribution in [0.5, 0.6) is 5.75 Å². The van der Waals surface area contributed by atoms with Gasteiger partial charge in [-0.25, -0.2) is 13.8 Å². The lowest BCUT2D eigenvalue weighted by atomic mass is 10.1. The van der Waals surface area contributed by atoms with E-state index in [-0.39, 0.29) is 11.6 Å². The Kier molecular flexibility index (Phi) is 5.11. The summed E-state index contributed by atoms with van der Waals surface area (Å²) in [6.45, 7) is 2.07. The van der Waals surface area contributed by atoms with Crippen molar-refractivity contribution in [3.8, 4) is 5.75 Å². The number of rotatable bonds is 5. The fraction of sp³-hybridized carbons (Fsp3) is 0.333. The Morgan fingerprint density at radius 2 is 2.24 bits per heavy atom. The van der Waals surface area contributed by atoms with Gasteiger partial charge in [-0.1, -0.05) is 6.07 Å². The molecule has 1 saturated heterocycles. The SMILES string of the molecule is COc1cccc(N2CC[C@H](CNC(=O)c3ncc(F)cc3F)C2)c1. The van der Waals surface area contributed by atoms with Crippen LogP contribution < -0.4 is 15.0 Å². The highest BCUT2D eigenvalue weighted by molar-refractivity contribution is 5.92. The molecule has 0 aliphatic carbocycles. The molecule has 2 aromatic rings. The molecule has 0 unspecified atom stereocenters. The molecule has 1 aliphatic rings. The summed E-state index contributed by atoms with van der Waals surface area (Å²) >= 11 is 0. The lowest BCUT2D eigenvalue weighted by Crippen LogP contribution is -2.32. The summed E-state index contributed by atoms with van der Waals surface area (Å²) < 4.78 is 31.7. The first-order valence-corrected chi connectivity index (χ1v) is 8.05. The summed E-state index contributed by atoms with van der Waals surface area (Å²) in [4.78, 5) is 17.7. The second-order valence-corrected chi connectivity index (χ2v) is 6.00. The maximum absolute atomic E-state index is 13.6. The van der Waals surface area contributed by atoms with Gasteiger partial charge in [0, 0.05) is 37.5 Å². The standard InChI is InChI=1S/C18H19F2N3O2/c1-25-15-4-2-3-14(8-15)23-6-5-12(11-23)9-22-18(24)17-16(20)7-13(19)10-21-17/h2-4,7-8,10,12H,5-6,9,11H2,1H3,(H,22,24)/t12-/m1/s1. The maximum atomic E-state index is 13.6. The van der Waals surface area contributed by atoms with Crippen LogP contribution in [0.2, 0.25) is 0 Å². The van der Waals surface area contributed by atoms with Gasteiger partial charge in [0.15, 0.2) is 11.5 Å². The van der Waals surface area contributed by atoms with Crippen LogP contribution in [0.25, 0.3) is 0 Å². The number of hydrogen-bond donors (Lipinski definition) is 1. The lowest BCUT2D eigenvalue weighted by Gasteiger charge is -2.19. The van der Waals surface area contributed by atoms with E-state index in [2.05, 4.69) is 15.2 Å². The minimum absolute atomic E-state index is 0.249. The average molecular weight is 347 g/mol. The molecule has 1 aliphatic heterocycles. The zero-order chi connectivity index (χ0) is 17.8. The molecule has 2 heterocycles. The molecule has 132 valence electrons. The number of hydrogen-bond acceptors (Lipinski definition) is 4. The minimum Gasteiger partial charge on any atom is -0.497 e. The van der Waals surface area contributed by atoms with Gasteiger partial charge in [0.1, 0.15) is 11.6 Å². The van der Waals surface area contributed by atoms with Crippen LogP contribution in [0.4, 0.5) is 14.5 Å². The van der Waals surface area contributed by atoms with Crippen molar-refractivity contribution in [3.05, 3.63) is 53.9 Å². The average Bonchev–Trinajstić information content (AvgIpc) is 3.09. The van der Waals surface area contributed by atoms with E-state index in [0.29, 0.717) is 12.6 Å². The summed E-state index contributed by atoms with van der Waals surface area (Å²) in [7, 11) is 1.63. The van der Waals surface area contributed by atoms with E-state index in [9.17, 15) is 13.6 Å². The molecule has 1 atom stereocenters. The number of halogens is 2.